The number of piperidine rings is 1. The first-order valence-corrected chi connectivity index (χ1v) is 13.4. The Kier molecular flexibility index (Phi) is 8.48. The topological polar surface area (TPSA) is 58.6 Å². The Morgan fingerprint density at radius 3 is 2.56 bits per heavy atom. The second-order valence-corrected chi connectivity index (χ2v) is 10.9. The van der Waals surface area contributed by atoms with Gasteiger partial charge < -0.3 is 15.2 Å². The lowest BCUT2D eigenvalue weighted by Crippen LogP contribution is -2.41. The summed E-state index contributed by atoms with van der Waals surface area (Å²) in [6, 6.07) is 8.49. The van der Waals surface area contributed by atoms with E-state index in [2.05, 4.69) is 12.2 Å². The Bertz CT molecular complexity index is 1040. The summed E-state index contributed by atoms with van der Waals surface area (Å²) in [6.45, 7) is 3.74. The first kappa shape index (κ1) is 26.8. The van der Waals surface area contributed by atoms with E-state index in [4.69, 9.17) is 4.74 Å². The minimum atomic E-state index is -4.52. The number of hydrogen-bond donors (Lipinski definition) is 2. The van der Waals surface area contributed by atoms with Gasteiger partial charge in [0.05, 0.1) is 12.5 Å². The van der Waals surface area contributed by atoms with E-state index in [0.29, 0.717) is 24.3 Å². The van der Waals surface area contributed by atoms with E-state index in [1.807, 2.05) is 6.07 Å². The maximum Gasteiger partial charge on any atom is 0.420 e. The highest BCUT2D eigenvalue weighted by molar-refractivity contribution is 5.89. The van der Waals surface area contributed by atoms with Crippen molar-refractivity contribution in [2.24, 2.45) is 11.3 Å². The van der Waals surface area contributed by atoms with Crippen LogP contribution in [0.4, 0.5) is 13.2 Å². The minimum absolute atomic E-state index is 0.0687. The van der Waals surface area contributed by atoms with Crippen LogP contribution in [0.5, 0.6) is 5.75 Å². The van der Waals surface area contributed by atoms with Crippen molar-refractivity contribution in [1.29, 1.82) is 0 Å². The maximum absolute atomic E-state index is 14.3. The number of aliphatic carboxylic acids is 1. The lowest BCUT2D eigenvalue weighted by Gasteiger charge is -2.36. The van der Waals surface area contributed by atoms with Gasteiger partial charge in [0, 0.05) is 6.54 Å². The SMILES string of the molecule is CC[C@H]1CC[C@@H](Oc2ccc3ccc(CCC[C@]4(CC(=O)O)CCCNC4)cc3c2C(F)(F)F)CC1. The van der Waals surface area contributed by atoms with E-state index in [1.165, 1.54) is 6.07 Å². The predicted molar refractivity (Wildman–Crippen MR) is 135 cm³/mol. The molecule has 2 N–H and O–H groups in total. The monoisotopic (exact) mass is 505 g/mol. The molecule has 0 radical (unpaired) electrons. The summed E-state index contributed by atoms with van der Waals surface area (Å²) >= 11 is 0. The van der Waals surface area contributed by atoms with Crippen molar-refractivity contribution >= 4 is 16.7 Å². The molecule has 1 heterocycles. The molecular weight excluding hydrogens is 467 g/mol. The number of carboxylic acid groups (broad SMARTS) is 1. The lowest BCUT2D eigenvalue weighted by atomic mass is 9.74. The second-order valence-electron chi connectivity index (χ2n) is 10.9. The Morgan fingerprint density at radius 2 is 1.92 bits per heavy atom. The number of ether oxygens (including phenoxy) is 1. The van der Waals surface area contributed by atoms with Gasteiger partial charge in [-0.05, 0) is 98.1 Å². The normalized spacial score (nSPS) is 25.1. The van der Waals surface area contributed by atoms with Crippen LogP contribution in [0.25, 0.3) is 10.8 Å². The van der Waals surface area contributed by atoms with Crippen molar-refractivity contribution in [3.63, 3.8) is 0 Å². The molecule has 0 amide bonds. The van der Waals surface area contributed by atoms with Crippen molar-refractivity contribution in [1.82, 2.24) is 5.32 Å². The molecule has 0 bridgehead atoms. The molecule has 4 rings (SSSR count). The molecule has 0 unspecified atom stereocenters. The molecule has 7 heteroatoms. The van der Waals surface area contributed by atoms with Gasteiger partial charge in [-0.15, -0.1) is 0 Å². The number of alkyl halides is 3. The molecule has 36 heavy (non-hydrogen) atoms. The van der Waals surface area contributed by atoms with Gasteiger partial charge in [0.2, 0.25) is 0 Å². The van der Waals surface area contributed by atoms with E-state index in [0.717, 1.165) is 69.9 Å². The van der Waals surface area contributed by atoms with Crippen LogP contribution in [0.1, 0.15) is 82.3 Å². The Hall–Kier alpha value is -2.28. The van der Waals surface area contributed by atoms with Crippen LogP contribution in [-0.2, 0) is 17.4 Å². The minimum Gasteiger partial charge on any atom is -0.490 e. The van der Waals surface area contributed by atoms with E-state index in [-0.39, 0.29) is 29.1 Å². The fourth-order valence-corrected chi connectivity index (χ4v) is 6.20. The van der Waals surface area contributed by atoms with Crippen molar-refractivity contribution in [3.05, 3.63) is 41.5 Å². The Balaban J connectivity index is 1.53. The van der Waals surface area contributed by atoms with Crippen LogP contribution >= 0.6 is 0 Å². The molecule has 1 saturated heterocycles. The van der Waals surface area contributed by atoms with Crippen molar-refractivity contribution in [2.45, 2.75) is 89.8 Å². The van der Waals surface area contributed by atoms with Crippen LogP contribution < -0.4 is 10.1 Å². The fraction of sp³-hybridized carbons (Fsp3) is 0.621. The number of carboxylic acids is 1. The van der Waals surface area contributed by atoms with E-state index in [9.17, 15) is 23.1 Å². The molecule has 1 aliphatic heterocycles. The molecule has 2 aliphatic rings. The second kappa shape index (κ2) is 11.4. The fourth-order valence-electron chi connectivity index (χ4n) is 6.20. The molecule has 2 aromatic carbocycles. The molecule has 1 aliphatic carbocycles. The first-order valence-electron chi connectivity index (χ1n) is 13.4. The first-order chi connectivity index (χ1) is 17.2. The number of benzene rings is 2. The highest BCUT2D eigenvalue weighted by Gasteiger charge is 2.38. The summed E-state index contributed by atoms with van der Waals surface area (Å²) in [6.07, 6.45) is 4.00. The van der Waals surface area contributed by atoms with Gasteiger partial charge in [-0.3, -0.25) is 4.79 Å². The zero-order valence-electron chi connectivity index (χ0n) is 21.1. The third-order valence-electron chi connectivity index (χ3n) is 8.26. The largest absolute Gasteiger partial charge is 0.490 e. The van der Waals surface area contributed by atoms with Gasteiger partial charge in [-0.25, -0.2) is 0 Å². The Morgan fingerprint density at radius 1 is 1.17 bits per heavy atom. The van der Waals surface area contributed by atoms with E-state index in [1.54, 1.807) is 18.2 Å². The number of halogens is 3. The van der Waals surface area contributed by atoms with Gasteiger partial charge in [0.15, 0.2) is 0 Å². The lowest BCUT2D eigenvalue weighted by molar-refractivity contribution is -0.140. The standard InChI is InChI=1S/C29H38F3NO3/c1-2-20-7-11-23(12-8-20)36-25-13-10-22-9-6-21(17-24(22)27(25)29(30,31)32)5-3-14-28(18-26(34)35)15-4-16-33-19-28/h6,9-10,13,17,20,23,33H,2-5,7-8,11-12,14-16,18-19H2,1H3,(H,34,35)/t20-,23+,28-/m1/s1. The molecule has 0 spiro atoms. The molecule has 4 nitrogen and oxygen atoms in total. The van der Waals surface area contributed by atoms with Gasteiger partial charge >= 0.3 is 12.1 Å². The zero-order valence-corrected chi connectivity index (χ0v) is 21.1. The summed E-state index contributed by atoms with van der Waals surface area (Å²) in [5, 5.41) is 13.4. The molecule has 1 saturated carbocycles. The quantitative estimate of drug-likeness (QED) is 0.373. The number of rotatable bonds is 9. The van der Waals surface area contributed by atoms with Crippen LogP contribution in [0.15, 0.2) is 30.3 Å². The zero-order chi connectivity index (χ0) is 25.8. The summed E-state index contributed by atoms with van der Waals surface area (Å²) in [5.41, 5.74) is -0.128. The van der Waals surface area contributed by atoms with Gasteiger partial charge in [-0.2, -0.15) is 13.2 Å². The summed E-state index contributed by atoms with van der Waals surface area (Å²) in [4.78, 5) is 11.4. The maximum atomic E-state index is 14.3. The van der Waals surface area contributed by atoms with Crippen LogP contribution in [-0.4, -0.2) is 30.3 Å². The molecular formula is C29H38F3NO3. The Labute approximate surface area is 211 Å². The summed E-state index contributed by atoms with van der Waals surface area (Å²) in [7, 11) is 0. The smallest absolute Gasteiger partial charge is 0.420 e. The molecule has 198 valence electrons. The molecule has 1 atom stereocenters. The van der Waals surface area contributed by atoms with Crippen LogP contribution in [0.3, 0.4) is 0 Å². The summed E-state index contributed by atoms with van der Waals surface area (Å²) in [5.74, 6) is -0.221. The van der Waals surface area contributed by atoms with Gasteiger partial charge in [0.1, 0.15) is 11.3 Å². The molecule has 2 aromatic rings. The molecule has 2 fully saturated rings. The highest BCUT2D eigenvalue weighted by Crippen LogP contribution is 2.43. The highest BCUT2D eigenvalue weighted by atomic mass is 19.4. The van der Waals surface area contributed by atoms with Crippen molar-refractivity contribution < 1.29 is 27.8 Å². The van der Waals surface area contributed by atoms with E-state index < -0.39 is 17.7 Å². The number of hydrogen-bond acceptors (Lipinski definition) is 3. The molecule has 0 aromatic heterocycles. The van der Waals surface area contributed by atoms with Crippen LogP contribution in [0.2, 0.25) is 0 Å². The third-order valence-corrected chi connectivity index (χ3v) is 8.26. The average Bonchev–Trinajstić information content (AvgIpc) is 2.83. The van der Waals surface area contributed by atoms with Crippen LogP contribution in [0, 0.1) is 11.3 Å². The number of aryl methyl sites for hydroxylation is 1. The third kappa shape index (κ3) is 6.53. The number of fused-ring (bicyclic) bond motifs is 1. The van der Waals surface area contributed by atoms with Gasteiger partial charge in [0.25, 0.3) is 0 Å². The number of carbonyl (C=O) groups is 1. The predicted octanol–water partition coefficient (Wildman–Crippen LogP) is 7.37. The van der Waals surface area contributed by atoms with Crippen molar-refractivity contribution in [3.8, 4) is 5.75 Å². The number of nitrogens with one attached hydrogen (secondary N) is 1. The average molecular weight is 506 g/mol. The van der Waals surface area contributed by atoms with Gasteiger partial charge in [-0.1, -0.05) is 37.6 Å². The van der Waals surface area contributed by atoms with Crippen molar-refractivity contribution in [2.75, 3.05) is 13.1 Å². The van der Waals surface area contributed by atoms with E-state index >= 15 is 0 Å². The summed E-state index contributed by atoms with van der Waals surface area (Å²) < 4.78 is 48.9.